The molecule has 23 heavy (non-hydrogen) atoms. The van der Waals surface area contributed by atoms with E-state index in [2.05, 4.69) is 5.32 Å². The van der Waals surface area contributed by atoms with Crippen molar-refractivity contribution < 1.29 is 14.3 Å². The van der Waals surface area contributed by atoms with E-state index in [-0.39, 0.29) is 5.91 Å². The molecule has 0 heterocycles. The van der Waals surface area contributed by atoms with E-state index in [9.17, 15) is 9.59 Å². The van der Waals surface area contributed by atoms with Crippen molar-refractivity contribution in [1.29, 1.82) is 0 Å². The Balaban J connectivity index is 1.82. The number of hydrogen-bond donors (Lipinski definition) is 3. The number of rotatable bonds is 6. The van der Waals surface area contributed by atoms with Gasteiger partial charge in [0.1, 0.15) is 5.75 Å². The van der Waals surface area contributed by atoms with Crippen molar-refractivity contribution in [3.8, 4) is 5.75 Å². The number of amides is 2. The van der Waals surface area contributed by atoms with Crippen LogP contribution < -0.4 is 21.5 Å². The van der Waals surface area contributed by atoms with Crippen LogP contribution in [0.15, 0.2) is 54.6 Å². The summed E-state index contributed by atoms with van der Waals surface area (Å²) in [5.74, 6) is 0.139. The van der Waals surface area contributed by atoms with Gasteiger partial charge >= 0.3 is 6.09 Å². The van der Waals surface area contributed by atoms with E-state index in [1.807, 2.05) is 30.3 Å². The Kier molecular flexibility index (Phi) is 5.71. The molecule has 0 aliphatic carbocycles. The van der Waals surface area contributed by atoms with Crippen LogP contribution in [-0.2, 0) is 17.8 Å². The third-order valence-electron chi connectivity index (χ3n) is 3.24. The molecule has 0 bridgehead atoms. The van der Waals surface area contributed by atoms with Crippen molar-refractivity contribution in [2.24, 2.45) is 11.5 Å². The number of nitrogens with two attached hydrogens (primary N) is 2. The van der Waals surface area contributed by atoms with Gasteiger partial charge in [-0.25, -0.2) is 4.79 Å². The van der Waals surface area contributed by atoms with E-state index < -0.39 is 12.1 Å². The zero-order chi connectivity index (χ0) is 16.7. The summed E-state index contributed by atoms with van der Waals surface area (Å²) in [6.07, 6.45) is -0.379. The van der Waals surface area contributed by atoms with Gasteiger partial charge < -0.3 is 21.5 Å². The first-order valence-corrected chi connectivity index (χ1v) is 7.18. The second-order valence-electron chi connectivity index (χ2n) is 5.08. The maximum atomic E-state index is 12.0. The highest BCUT2D eigenvalue weighted by Crippen LogP contribution is 2.12. The number of nitrogens with one attached hydrogen (secondary N) is 1. The number of ether oxygens (including phenoxy) is 1. The van der Waals surface area contributed by atoms with Crippen LogP contribution in [0.4, 0.5) is 4.79 Å². The highest BCUT2D eigenvalue weighted by atomic mass is 16.5. The lowest BCUT2D eigenvalue weighted by Crippen LogP contribution is -2.41. The van der Waals surface area contributed by atoms with E-state index in [0.29, 0.717) is 18.7 Å². The monoisotopic (exact) mass is 313 g/mol. The van der Waals surface area contributed by atoms with E-state index >= 15 is 0 Å². The molecule has 2 rings (SSSR count). The van der Waals surface area contributed by atoms with Crippen molar-refractivity contribution in [3.63, 3.8) is 0 Å². The van der Waals surface area contributed by atoms with Gasteiger partial charge in [-0.05, 0) is 29.7 Å². The second-order valence-corrected chi connectivity index (χ2v) is 5.08. The van der Waals surface area contributed by atoms with Crippen LogP contribution in [0.1, 0.15) is 11.1 Å². The molecule has 2 amide bonds. The molecule has 0 saturated heterocycles. The van der Waals surface area contributed by atoms with Gasteiger partial charge in [0.25, 0.3) is 0 Å². The normalized spacial score (nSPS) is 11.5. The Hall–Kier alpha value is -2.86. The predicted octanol–water partition coefficient (Wildman–Crippen LogP) is 1.33. The van der Waals surface area contributed by atoms with Gasteiger partial charge in [-0.3, -0.25) is 4.79 Å². The molecule has 0 saturated carbocycles. The summed E-state index contributed by atoms with van der Waals surface area (Å²) in [7, 11) is 0. The van der Waals surface area contributed by atoms with E-state index in [4.69, 9.17) is 16.2 Å². The lowest BCUT2D eigenvalue weighted by molar-refractivity contribution is -0.122. The molecular formula is C17H19N3O3. The fourth-order valence-corrected chi connectivity index (χ4v) is 2.07. The maximum absolute atomic E-state index is 12.0. The van der Waals surface area contributed by atoms with Crippen molar-refractivity contribution in [2.75, 3.05) is 0 Å². The smallest absolute Gasteiger partial charge is 0.409 e. The van der Waals surface area contributed by atoms with Crippen molar-refractivity contribution in [1.82, 2.24) is 5.32 Å². The molecule has 5 N–H and O–H groups in total. The number of benzene rings is 2. The predicted molar refractivity (Wildman–Crippen MR) is 86.6 cm³/mol. The van der Waals surface area contributed by atoms with Gasteiger partial charge in [0, 0.05) is 6.54 Å². The summed E-state index contributed by atoms with van der Waals surface area (Å²) in [5, 5.41) is 2.78. The van der Waals surface area contributed by atoms with E-state index in [1.54, 1.807) is 24.3 Å². The van der Waals surface area contributed by atoms with Crippen LogP contribution in [-0.4, -0.2) is 18.0 Å². The summed E-state index contributed by atoms with van der Waals surface area (Å²) in [4.78, 5) is 22.6. The maximum Gasteiger partial charge on any atom is 0.409 e. The van der Waals surface area contributed by atoms with Gasteiger partial charge in [0.2, 0.25) is 5.91 Å². The minimum atomic E-state index is -0.863. The number of primary amides is 1. The Morgan fingerprint density at radius 3 is 2.26 bits per heavy atom. The molecule has 2 aromatic carbocycles. The molecule has 1 atom stereocenters. The fraction of sp³-hybridized carbons (Fsp3) is 0.176. The van der Waals surface area contributed by atoms with Crippen molar-refractivity contribution >= 4 is 12.0 Å². The minimum Gasteiger partial charge on any atom is -0.411 e. The third-order valence-corrected chi connectivity index (χ3v) is 3.24. The van der Waals surface area contributed by atoms with Gasteiger partial charge in [-0.1, -0.05) is 42.5 Å². The molecule has 0 aliphatic heterocycles. The lowest BCUT2D eigenvalue weighted by Gasteiger charge is -2.12. The molecule has 0 aliphatic rings. The molecule has 2 aromatic rings. The Morgan fingerprint density at radius 1 is 1.00 bits per heavy atom. The van der Waals surface area contributed by atoms with Crippen LogP contribution >= 0.6 is 0 Å². The van der Waals surface area contributed by atoms with Gasteiger partial charge in [0.05, 0.1) is 6.04 Å². The molecule has 0 aromatic heterocycles. The molecule has 0 spiro atoms. The van der Waals surface area contributed by atoms with Gasteiger partial charge in [0.15, 0.2) is 0 Å². The minimum absolute atomic E-state index is 0.216. The van der Waals surface area contributed by atoms with Crippen LogP contribution in [0.25, 0.3) is 0 Å². The molecule has 6 nitrogen and oxygen atoms in total. The molecule has 120 valence electrons. The van der Waals surface area contributed by atoms with Crippen LogP contribution in [0.5, 0.6) is 5.75 Å². The summed E-state index contributed by atoms with van der Waals surface area (Å²) in [6.45, 7) is 0.345. The molecule has 0 radical (unpaired) electrons. The first-order chi connectivity index (χ1) is 11.0. The van der Waals surface area contributed by atoms with Crippen molar-refractivity contribution in [2.45, 2.75) is 19.0 Å². The SMILES string of the molecule is NC(=O)Oc1ccc(CNC(=O)C(N)Cc2ccccc2)cc1. The van der Waals surface area contributed by atoms with Crippen LogP contribution in [0.3, 0.4) is 0 Å². The summed E-state index contributed by atoms with van der Waals surface area (Å²) in [5.41, 5.74) is 12.7. The molecule has 1 unspecified atom stereocenters. The molecule has 0 fully saturated rings. The second kappa shape index (κ2) is 7.95. The average Bonchev–Trinajstić information content (AvgIpc) is 2.54. The highest BCUT2D eigenvalue weighted by molar-refractivity contribution is 5.81. The number of carbonyl (C=O) groups excluding carboxylic acids is 2. The van der Waals surface area contributed by atoms with E-state index in [0.717, 1.165) is 11.1 Å². The summed E-state index contributed by atoms with van der Waals surface area (Å²) in [6, 6.07) is 15.7. The topological polar surface area (TPSA) is 107 Å². The van der Waals surface area contributed by atoms with Gasteiger partial charge in [-0.15, -0.1) is 0 Å². The standard InChI is InChI=1S/C17H19N3O3/c18-15(10-12-4-2-1-3-5-12)16(21)20-11-13-6-8-14(9-7-13)23-17(19)22/h1-9,15H,10-11,18H2,(H2,19,22)(H,20,21). The quantitative estimate of drug-likeness (QED) is 0.747. The molecule has 6 heteroatoms. The van der Waals surface area contributed by atoms with Crippen LogP contribution in [0, 0.1) is 0 Å². The zero-order valence-electron chi connectivity index (χ0n) is 12.6. The third kappa shape index (κ3) is 5.44. The Morgan fingerprint density at radius 2 is 1.65 bits per heavy atom. The highest BCUT2D eigenvalue weighted by Gasteiger charge is 2.13. The Labute approximate surface area is 134 Å². The van der Waals surface area contributed by atoms with Crippen molar-refractivity contribution in [3.05, 3.63) is 65.7 Å². The largest absolute Gasteiger partial charge is 0.411 e. The summed E-state index contributed by atoms with van der Waals surface area (Å²) < 4.78 is 4.73. The van der Waals surface area contributed by atoms with Gasteiger partial charge in [-0.2, -0.15) is 0 Å². The first-order valence-electron chi connectivity index (χ1n) is 7.18. The lowest BCUT2D eigenvalue weighted by atomic mass is 10.1. The van der Waals surface area contributed by atoms with Crippen LogP contribution in [0.2, 0.25) is 0 Å². The number of carbonyl (C=O) groups is 2. The van der Waals surface area contributed by atoms with E-state index in [1.165, 1.54) is 0 Å². The number of hydrogen-bond acceptors (Lipinski definition) is 4. The fourth-order valence-electron chi connectivity index (χ4n) is 2.07. The Bertz CT molecular complexity index is 657. The average molecular weight is 313 g/mol. The zero-order valence-corrected chi connectivity index (χ0v) is 12.6. The summed E-state index contributed by atoms with van der Waals surface area (Å²) >= 11 is 0. The first kappa shape index (κ1) is 16.5. The molecular weight excluding hydrogens is 294 g/mol.